The Bertz CT molecular complexity index is 843. The van der Waals surface area contributed by atoms with Gasteiger partial charge in [-0.05, 0) is 103 Å². The molecule has 5 rings (SSSR count). The summed E-state index contributed by atoms with van der Waals surface area (Å²) in [6.07, 6.45) is 11.3. The molecule has 0 bridgehead atoms. The van der Waals surface area contributed by atoms with E-state index in [2.05, 4.69) is 54.5 Å². The molecule has 5 aliphatic carbocycles. The molecule has 0 radical (unpaired) electrons. The number of allylic oxidation sites excluding steroid dienone is 2. The third-order valence-electron chi connectivity index (χ3n) is 13.2. The van der Waals surface area contributed by atoms with E-state index in [9.17, 15) is 15.3 Å². The van der Waals surface area contributed by atoms with Crippen LogP contribution in [0.2, 0.25) is 0 Å². The molecule has 0 aromatic rings. The van der Waals surface area contributed by atoms with Crippen molar-refractivity contribution < 1.29 is 15.3 Å². The predicted octanol–water partition coefficient (Wildman–Crippen LogP) is 6.11. The summed E-state index contributed by atoms with van der Waals surface area (Å²) in [7, 11) is 0. The molecular weight excluding hydrogens is 408 g/mol. The van der Waals surface area contributed by atoms with Crippen molar-refractivity contribution in [2.24, 2.45) is 50.2 Å². The number of fused-ring (bicyclic) bond motifs is 7. The van der Waals surface area contributed by atoms with E-state index in [1.165, 1.54) is 12.8 Å². The van der Waals surface area contributed by atoms with Crippen molar-refractivity contribution in [2.45, 2.75) is 118 Å². The highest BCUT2D eigenvalue weighted by atomic mass is 16.3. The normalized spacial score (nSPS) is 54.8. The second kappa shape index (κ2) is 7.10. The van der Waals surface area contributed by atoms with Crippen LogP contribution >= 0.6 is 0 Å². The Morgan fingerprint density at radius 1 is 0.818 bits per heavy atom. The summed E-state index contributed by atoms with van der Waals surface area (Å²) in [5, 5.41) is 33.3. The summed E-state index contributed by atoms with van der Waals surface area (Å²) < 4.78 is 0. The van der Waals surface area contributed by atoms with Crippen molar-refractivity contribution in [3.05, 3.63) is 11.6 Å². The zero-order chi connectivity index (χ0) is 24.2. The van der Waals surface area contributed by atoms with Gasteiger partial charge in [0.05, 0.1) is 18.8 Å². The van der Waals surface area contributed by atoms with Crippen LogP contribution in [0.3, 0.4) is 0 Å². The van der Waals surface area contributed by atoms with Crippen LogP contribution in [-0.2, 0) is 0 Å². The average molecular weight is 459 g/mol. The molecule has 188 valence electrons. The van der Waals surface area contributed by atoms with Crippen LogP contribution in [0.25, 0.3) is 0 Å². The second-order valence-corrected chi connectivity index (χ2v) is 15.2. The molecule has 33 heavy (non-hydrogen) atoms. The fourth-order valence-electron chi connectivity index (χ4n) is 10.7. The maximum Gasteiger partial charge on any atom is 0.0632 e. The highest BCUT2D eigenvalue weighted by molar-refractivity contribution is 5.35. The highest BCUT2D eigenvalue weighted by Crippen LogP contribution is 2.75. The molecule has 3 nitrogen and oxygen atoms in total. The molecule has 3 unspecified atom stereocenters. The summed E-state index contributed by atoms with van der Waals surface area (Å²) in [4.78, 5) is 0. The SMILES string of the molecule is CC1(C)CC[C@@]2(CO)C(C1)C1=CCC3[C@@]4(C)CC[C@H](O)C(C)(C)C4CC[C@@]3(C)[C@]1(C)C[C@H]2O. The second-order valence-electron chi connectivity index (χ2n) is 15.2. The first-order chi connectivity index (χ1) is 15.2. The van der Waals surface area contributed by atoms with Crippen LogP contribution in [0.5, 0.6) is 0 Å². The molecule has 3 heteroatoms. The number of aliphatic hydroxyl groups excluding tert-OH is 3. The van der Waals surface area contributed by atoms with Gasteiger partial charge in [0.25, 0.3) is 0 Å². The lowest BCUT2D eigenvalue weighted by molar-refractivity contribution is -0.218. The minimum atomic E-state index is -0.434. The molecule has 0 aromatic carbocycles. The Morgan fingerprint density at radius 3 is 2.18 bits per heavy atom. The van der Waals surface area contributed by atoms with E-state index in [0.29, 0.717) is 11.8 Å². The van der Waals surface area contributed by atoms with Gasteiger partial charge in [-0.2, -0.15) is 0 Å². The fourth-order valence-corrected chi connectivity index (χ4v) is 10.7. The standard InChI is InChI=1S/C30H50O3/c1-25(2)14-15-30(18-31)20(16-25)19-8-9-22-27(5)12-11-23(32)26(3,4)21(27)10-13-28(22,6)29(19,7)17-24(30)33/h8,20-24,31-33H,9-18H2,1-7H3/t20?,21?,22?,23-,24+,27-,28+,29+,30+/m0/s1. The van der Waals surface area contributed by atoms with Crippen LogP contribution in [-0.4, -0.2) is 34.1 Å². The minimum Gasteiger partial charge on any atom is -0.396 e. The third kappa shape index (κ3) is 2.91. The molecule has 0 aliphatic heterocycles. The van der Waals surface area contributed by atoms with E-state index in [1.54, 1.807) is 5.57 Å². The molecular formula is C30H50O3. The molecule has 9 atom stereocenters. The zero-order valence-corrected chi connectivity index (χ0v) is 22.4. The number of aliphatic hydroxyl groups is 3. The Labute approximate surface area is 202 Å². The molecule has 0 heterocycles. The van der Waals surface area contributed by atoms with Gasteiger partial charge in [0.1, 0.15) is 0 Å². The summed E-state index contributed by atoms with van der Waals surface area (Å²) >= 11 is 0. The van der Waals surface area contributed by atoms with Gasteiger partial charge in [-0.15, -0.1) is 0 Å². The van der Waals surface area contributed by atoms with Gasteiger partial charge < -0.3 is 15.3 Å². The fraction of sp³-hybridized carbons (Fsp3) is 0.933. The zero-order valence-electron chi connectivity index (χ0n) is 22.4. The van der Waals surface area contributed by atoms with E-state index >= 15 is 0 Å². The van der Waals surface area contributed by atoms with Crippen molar-refractivity contribution >= 4 is 0 Å². The summed E-state index contributed by atoms with van der Waals surface area (Å²) in [6.45, 7) is 17.0. The molecule has 4 fully saturated rings. The Morgan fingerprint density at radius 2 is 1.52 bits per heavy atom. The molecule has 0 amide bonds. The van der Waals surface area contributed by atoms with Crippen molar-refractivity contribution in [2.75, 3.05) is 6.61 Å². The molecule has 0 aromatic heterocycles. The quantitative estimate of drug-likeness (QED) is 0.415. The molecule has 3 N–H and O–H groups in total. The minimum absolute atomic E-state index is 0.0275. The first-order valence-corrected chi connectivity index (χ1v) is 13.9. The van der Waals surface area contributed by atoms with E-state index in [1.807, 2.05) is 0 Å². The van der Waals surface area contributed by atoms with Gasteiger partial charge in [-0.3, -0.25) is 0 Å². The maximum atomic E-state index is 11.7. The van der Waals surface area contributed by atoms with Gasteiger partial charge >= 0.3 is 0 Å². The maximum absolute atomic E-state index is 11.7. The van der Waals surface area contributed by atoms with E-state index in [-0.39, 0.29) is 51.1 Å². The Hall–Kier alpha value is -0.380. The lowest BCUT2D eigenvalue weighted by Crippen LogP contribution is -2.67. The van der Waals surface area contributed by atoms with Crippen LogP contribution in [0, 0.1) is 50.2 Å². The van der Waals surface area contributed by atoms with Crippen LogP contribution in [0.1, 0.15) is 106 Å². The lowest BCUT2D eigenvalue weighted by atomic mass is 9.33. The third-order valence-corrected chi connectivity index (χ3v) is 13.2. The van der Waals surface area contributed by atoms with E-state index < -0.39 is 6.10 Å². The molecule has 4 saturated carbocycles. The predicted molar refractivity (Wildman–Crippen MR) is 134 cm³/mol. The number of hydrogen-bond acceptors (Lipinski definition) is 3. The largest absolute Gasteiger partial charge is 0.396 e. The van der Waals surface area contributed by atoms with Gasteiger partial charge in [0.15, 0.2) is 0 Å². The van der Waals surface area contributed by atoms with Gasteiger partial charge in [0, 0.05) is 5.41 Å². The number of hydrogen-bond donors (Lipinski definition) is 3. The molecule has 5 aliphatic rings. The first-order valence-electron chi connectivity index (χ1n) is 13.9. The van der Waals surface area contributed by atoms with Crippen LogP contribution in [0.4, 0.5) is 0 Å². The highest BCUT2D eigenvalue weighted by Gasteiger charge is 2.69. The van der Waals surface area contributed by atoms with E-state index in [4.69, 9.17) is 0 Å². The summed E-state index contributed by atoms with van der Waals surface area (Å²) in [5.74, 6) is 1.41. The van der Waals surface area contributed by atoms with Gasteiger partial charge in [-0.25, -0.2) is 0 Å². The van der Waals surface area contributed by atoms with Gasteiger partial charge in [-0.1, -0.05) is 60.1 Å². The van der Waals surface area contributed by atoms with Crippen molar-refractivity contribution in [3.8, 4) is 0 Å². The van der Waals surface area contributed by atoms with E-state index in [0.717, 1.165) is 44.9 Å². The Kier molecular flexibility index (Phi) is 5.23. The topological polar surface area (TPSA) is 60.7 Å². The smallest absolute Gasteiger partial charge is 0.0632 e. The Balaban J connectivity index is 1.61. The monoisotopic (exact) mass is 458 g/mol. The lowest BCUT2D eigenvalue weighted by Gasteiger charge is -2.72. The molecule has 0 spiro atoms. The molecule has 0 saturated heterocycles. The summed E-state index contributed by atoms with van der Waals surface area (Å²) in [5.41, 5.74) is 1.78. The van der Waals surface area contributed by atoms with Crippen molar-refractivity contribution in [1.82, 2.24) is 0 Å². The number of rotatable bonds is 1. The summed E-state index contributed by atoms with van der Waals surface area (Å²) in [6, 6.07) is 0. The van der Waals surface area contributed by atoms with Crippen LogP contribution < -0.4 is 0 Å². The van der Waals surface area contributed by atoms with Crippen LogP contribution in [0.15, 0.2) is 11.6 Å². The van der Waals surface area contributed by atoms with Gasteiger partial charge in [0.2, 0.25) is 0 Å². The van der Waals surface area contributed by atoms with Crippen molar-refractivity contribution in [1.29, 1.82) is 0 Å². The average Bonchev–Trinajstić information content (AvgIpc) is 2.71. The van der Waals surface area contributed by atoms with Crippen molar-refractivity contribution in [3.63, 3.8) is 0 Å². The first kappa shape index (κ1) is 24.3.